The van der Waals surface area contributed by atoms with Crippen molar-refractivity contribution in [2.45, 2.75) is 19.4 Å². The van der Waals surface area contributed by atoms with E-state index in [1.807, 2.05) is 0 Å². The van der Waals surface area contributed by atoms with Gasteiger partial charge >= 0.3 is 5.97 Å². The quantitative estimate of drug-likeness (QED) is 0.685. The van der Waals surface area contributed by atoms with E-state index in [1.165, 1.54) is 13.0 Å². The smallest absolute Gasteiger partial charge is 0.339 e. The van der Waals surface area contributed by atoms with Gasteiger partial charge in [0.2, 0.25) is 0 Å². The van der Waals surface area contributed by atoms with Crippen molar-refractivity contribution in [3.63, 3.8) is 0 Å². The topological polar surface area (TPSA) is 72.5 Å². The molecule has 0 aliphatic carbocycles. The molecule has 122 valence electrons. The van der Waals surface area contributed by atoms with E-state index in [0.29, 0.717) is 21.8 Å². The lowest BCUT2D eigenvalue weighted by Gasteiger charge is -2.24. The Labute approximate surface area is 143 Å². The van der Waals surface area contributed by atoms with Crippen molar-refractivity contribution >= 4 is 34.9 Å². The second kappa shape index (κ2) is 6.45. The molecule has 6 heteroatoms. The second-order valence-electron chi connectivity index (χ2n) is 5.52. The third-order valence-corrected chi connectivity index (χ3v) is 4.03. The molecule has 1 amide bonds. The van der Waals surface area contributed by atoms with Crippen LogP contribution >= 0.6 is 11.6 Å². The number of benzene rings is 2. The van der Waals surface area contributed by atoms with Gasteiger partial charge in [-0.1, -0.05) is 17.7 Å². The standard InChI is InChI=1S/C18H14ClNO4/c1-10(21)11-3-6-14(7-4-11)20-17(22)16-8-12-2-5-13(19)9-15(12)18(23)24-16/h2-7,9,16H,8H2,1H3,(H,20,22)/t16-/m1/s1. The van der Waals surface area contributed by atoms with E-state index in [1.54, 1.807) is 36.4 Å². The first-order valence-electron chi connectivity index (χ1n) is 7.35. The predicted octanol–water partition coefficient (Wildman–Crippen LogP) is 3.26. The van der Waals surface area contributed by atoms with Crippen molar-refractivity contribution in [2.75, 3.05) is 5.32 Å². The lowest BCUT2D eigenvalue weighted by Crippen LogP contribution is -2.38. The highest BCUT2D eigenvalue weighted by Gasteiger charge is 2.31. The van der Waals surface area contributed by atoms with Gasteiger partial charge in [-0.15, -0.1) is 0 Å². The minimum atomic E-state index is -0.904. The summed E-state index contributed by atoms with van der Waals surface area (Å²) in [6, 6.07) is 11.5. The zero-order chi connectivity index (χ0) is 17.3. The van der Waals surface area contributed by atoms with Crippen LogP contribution < -0.4 is 5.32 Å². The van der Waals surface area contributed by atoms with Gasteiger partial charge < -0.3 is 10.1 Å². The molecule has 2 aromatic rings. The molecule has 5 nitrogen and oxygen atoms in total. The highest BCUT2D eigenvalue weighted by Crippen LogP contribution is 2.24. The molecule has 3 rings (SSSR count). The molecule has 2 aromatic carbocycles. The summed E-state index contributed by atoms with van der Waals surface area (Å²) < 4.78 is 5.20. The van der Waals surface area contributed by atoms with Crippen molar-refractivity contribution in [2.24, 2.45) is 0 Å². The summed E-state index contributed by atoms with van der Waals surface area (Å²) in [4.78, 5) is 35.6. The number of carbonyl (C=O) groups excluding carboxylic acids is 3. The van der Waals surface area contributed by atoms with Gasteiger partial charge in [-0.25, -0.2) is 4.79 Å². The Hall–Kier alpha value is -2.66. The van der Waals surface area contributed by atoms with Crippen LogP contribution in [0.4, 0.5) is 5.69 Å². The van der Waals surface area contributed by atoms with Crippen molar-refractivity contribution in [1.82, 2.24) is 0 Å². The first-order chi connectivity index (χ1) is 11.4. The molecule has 0 unspecified atom stereocenters. The summed E-state index contributed by atoms with van der Waals surface area (Å²) in [5, 5.41) is 3.13. The number of hydrogen-bond acceptors (Lipinski definition) is 4. The zero-order valence-electron chi connectivity index (χ0n) is 12.8. The van der Waals surface area contributed by atoms with Gasteiger partial charge in [-0.05, 0) is 48.9 Å². The lowest BCUT2D eigenvalue weighted by molar-refractivity contribution is -0.125. The van der Waals surface area contributed by atoms with Crippen molar-refractivity contribution in [3.05, 3.63) is 64.2 Å². The van der Waals surface area contributed by atoms with E-state index in [9.17, 15) is 14.4 Å². The van der Waals surface area contributed by atoms with Gasteiger partial charge in [0.05, 0.1) is 5.56 Å². The summed E-state index contributed by atoms with van der Waals surface area (Å²) >= 11 is 5.87. The molecule has 0 saturated carbocycles. The van der Waals surface area contributed by atoms with Crippen LogP contribution in [0.25, 0.3) is 0 Å². The lowest BCUT2D eigenvalue weighted by atomic mass is 9.98. The normalized spacial score (nSPS) is 16.1. The van der Waals surface area contributed by atoms with Crippen LogP contribution in [0, 0.1) is 0 Å². The van der Waals surface area contributed by atoms with Crippen LogP contribution in [0.2, 0.25) is 5.02 Å². The summed E-state index contributed by atoms with van der Waals surface area (Å²) in [5.74, 6) is -1.03. The number of hydrogen-bond donors (Lipinski definition) is 1. The maximum Gasteiger partial charge on any atom is 0.339 e. The third-order valence-electron chi connectivity index (χ3n) is 3.80. The summed E-state index contributed by atoms with van der Waals surface area (Å²) in [7, 11) is 0. The average molecular weight is 344 g/mol. The Balaban J connectivity index is 1.73. The molecule has 1 atom stereocenters. The minimum Gasteiger partial charge on any atom is -0.448 e. The number of halogens is 1. The van der Waals surface area contributed by atoms with Gasteiger partial charge in [0.1, 0.15) is 0 Å². The van der Waals surface area contributed by atoms with Crippen LogP contribution in [0.1, 0.15) is 33.2 Å². The van der Waals surface area contributed by atoms with Crippen molar-refractivity contribution in [3.8, 4) is 0 Å². The van der Waals surface area contributed by atoms with E-state index >= 15 is 0 Å². The fourth-order valence-corrected chi connectivity index (χ4v) is 2.68. The highest BCUT2D eigenvalue weighted by molar-refractivity contribution is 6.31. The Kier molecular flexibility index (Phi) is 4.36. The Morgan fingerprint density at radius 1 is 1.17 bits per heavy atom. The number of amides is 1. The van der Waals surface area contributed by atoms with Crippen LogP contribution in [0.3, 0.4) is 0 Å². The first-order valence-corrected chi connectivity index (χ1v) is 7.73. The maximum absolute atomic E-state index is 12.3. The Morgan fingerprint density at radius 2 is 1.88 bits per heavy atom. The number of carbonyl (C=O) groups is 3. The number of rotatable bonds is 3. The van der Waals surface area contributed by atoms with Crippen LogP contribution in [0.15, 0.2) is 42.5 Å². The molecule has 0 saturated heterocycles. The van der Waals surface area contributed by atoms with Crippen molar-refractivity contribution < 1.29 is 19.1 Å². The predicted molar refractivity (Wildman–Crippen MR) is 89.4 cm³/mol. The number of anilines is 1. The van der Waals surface area contributed by atoms with E-state index < -0.39 is 18.0 Å². The molecule has 1 aliphatic rings. The molecular formula is C18H14ClNO4. The van der Waals surface area contributed by atoms with E-state index in [-0.39, 0.29) is 12.2 Å². The number of ketones is 1. The van der Waals surface area contributed by atoms with Gasteiger partial charge in [-0.2, -0.15) is 0 Å². The molecule has 0 fully saturated rings. The summed E-state index contributed by atoms with van der Waals surface area (Å²) in [6.45, 7) is 1.47. The average Bonchev–Trinajstić information content (AvgIpc) is 2.55. The molecule has 24 heavy (non-hydrogen) atoms. The number of cyclic esters (lactones) is 1. The summed E-state index contributed by atoms with van der Waals surface area (Å²) in [5.41, 5.74) is 2.20. The number of esters is 1. The SMILES string of the molecule is CC(=O)c1ccc(NC(=O)[C@H]2Cc3ccc(Cl)cc3C(=O)O2)cc1. The van der Waals surface area contributed by atoms with Gasteiger partial charge in [-0.3, -0.25) is 9.59 Å². The molecule has 0 spiro atoms. The molecule has 1 aliphatic heterocycles. The van der Waals surface area contributed by atoms with E-state index in [4.69, 9.17) is 16.3 Å². The Bertz CT molecular complexity index is 829. The Morgan fingerprint density at radius 3 is 2.54 bits per heavy atom. The second-order valence-corrected chi connectivity index (χ2v) is 5.96. The molecule has 1 N–H and O–H groups in total. The number of nitrogens with one attached hydrogen (secondary N) is 1. The maximum atomic E-state index is 12.3. The summed E-state index contributed by atoms with van der Waals surface area (Å²) in [6.07, 6.45) is -0.617. The largest absolute Gasteiger partial charge is 0.448 e. The van der Waals surface area contributed by atoms with E-state index in [0.717, 1.165) is 5.56 Å². The molecule has 1 heterocycles. The van der Waals surface area contributed by atoms with Crippen LogP contribution in [-0.4, -0.2) is 23.8 Å². The monoisotopic (exact) mass is 343 g/mol. The highest BCUT2D eigenvalue weighted by atomic mass is 35.5. The van der Waals surface area contributed by atoms with Crippen molar-refractivity contribution in [1.29, 1.82) is 0 Å². The molecular weight excluding hydrogens is 330 g/mol. The van der Waals surface area contributed by atoms with Gasteiger partial charge in [0.15, 0.2) is 11.9 Å². The number of Topliss-reactive ketones (excluding diaryl/α,β-unsaturated/α-hetero) is 1. The number of fused-ring (bicyclic) bond motifs is 1. The zero-order valence-corrected chi connectivity index (χ0v) is 13.6. The molecule has 0 bridgehead atoms. The third kappa shape index (κ3) is 3.31. The minimum absolute atomic E-state index is 0.0515. The fourth-order valence-electron chi connectivity index (χ4n) is 2.51. The van der Waals surface area contributed by atoms with E-state index in [2.05, 4.69) is 5.32 Å². The van der Waals surface area contributed by atoms with Crippen LogP contribution in [-0.2, 0) is 16.0 Å². The van der Waals surface area contributed by atoms with Gasteiger partial charge in [0, 0.05) is 22.7 Å². The molecule has 0 aromatic heterocycles. The fraction of sp³-hybridized carbons (Fsp3) is 0.167. The number of ether oxygens (including phenoxy) is 1. The van der Waals surface area contributed by atoms with Crippen LogP contribution in [0.5, 0.6) is 0 Å². The van der Waals surface area contributed by atoms with Gasteiger partial charge in [0.25, 0.3) is 5.91 Å². The molecule has 0 radical (unpaired) electrons. The first kappa shape index (κ1) is 16.2.